The van der Waals surface area contributed by atoms with Gasteiger partial charge in [0.2, 0.25) is 0 Å². The third kappa shape index (κ3) is 13.3. The molecule has 1 aromatic rings. The van der Waals surface area contributed by atoms with E-state index in [2.05, 4.69) is 6.92 Å². The molecular formula is C22H33ClO4. The minimum absolute atomic E-state index is 0.221. The molecule has 0 saturated carbocycles. The summed E-state index contributed by atoms with van der Waals surface area (Å²) >= 11 is 5.81. The fourth-order valence-corrected chi connectivity index (χ4v) is 2.81. The van der Waals surface area contributed by atoms with Crippen LogP contribution in [-0.4, -0.2) is 18.5 Å². The monoisotopic (exact) mass is 396 g/mol. The second kappa shape index (κ2) is 15.5. The first kappa shape index (κ1) is 23.5. The molecule has 0 radical (unpaired) electrons. The molecule has 0 aliphatic heterocycles. The van der Waals surface area contributed by atoms with E-state index in [1.807, 2.05) is 12.1 Å². The van der Waals surface area contributed by atoms with Gasteiger partial charge in [-0.3, -0.25) is 9.59 Å². The fraction of sp³-hybridized carbons (Fsp3) is 0.636. The van der Waals surface area contributed by atoms with Gasteiger partial charge in [-0.15, -0.1) is 0 Å². The summed E-state index contributed by atoms with van der Waals surface area (Å²) in [5.41, 5.74) is 0.887. The van der Waals surface area contributed by atoms with E-state index in [1.165, 1.54) is 38.5 Å². The molecule has 1 aromatic carbocycles. The Bertz CT molecular complexity index is 528. The second-order valence-electron chi connectivity index (χ2n) is 6.84. The van der Waals surface area contributed by atoms with E-state index >= 15 is 0 Å². The number of benzene rings is 1. The summed E-state index contributed by atoms with van der Waals surface area (Å²) in [7, 11) is 0. The molecule has 0 saturated heterocycles. The lowest BCUT2D eigenvalue weighted by Crippen LogP contribution is -2.08. The minimum atomic E-state index is -0.305. The number of carbonyl (C=O) groups excluding carboxylic acids is 2. The number of unbranched alkanes of at least 4 members (excludes halogenated alkanes) is 7. The van der Waals surface area contributed by atoms with Crippen molar-refractivity contribution in [3.05, 3.63) is 34.9 Å². The quantitative estimate of drug-likeness (QED) is 0.260. The maximum Gasteiger partial charge on any atom is 0.306 e. The Morgan fingerprint density at radius 3 is 1.96 bits per heavy atom. The third-order valence-corrected chi connectivity index (χ3v) is 4.59. The maximum absolute atomic E-state index is 11.7. The predicted octanol–water partition coefficient (Wildman–Crippen LogP) is 6.24. The van der Waals surface area contributed by atoms with Gasteiger partial charge in [0.05, 0.1) is 6.61 Å². The number of halogens is 1. The second-order valence-corrected chi connectivity index (χ2v) is 7.27. The van der Waals surface area contributed by atoms with Crippen molar-refractivity contribution in [2.24, 2.45) is 0 Å². The SMILES string of the molecule is CCCCCCCCCCOC(=O)CCCC(=O)OCc1ccc(Cl)cc1. The molecule has 0 aromatic heterocycles. The van der Waals surface area contributed by atoms with Crippen molar-refractivity contribution >= 4 is 23.5 Å². The molecule has 0 atom stereocenters. The molecular weight excluding hydrogens is 364 g/mol. The number of hydrogen-bond acceptors (Lipinski definition) is 4. The minimum Gasteiger partial charge on any atom is -0.466 e. The molecule has 0 amide bonds. The number of ether oxygens (including phenoxy) is 2. The molecule has 0 fully saturated rings. The highest BCUT2D eigenvalue weighted by Crippen LogP contribution is 2.11. The van der Waals surface area contributed by atoms with Crippen LogP contribution in [0.1, 0.15) is 83.1 Å². The summed E-state index contributed by atoms with van der Waals surface area (Å²) in [5, 5.41) is 0.649. The van der Waals surface area contributed by atoms with Gasteiger partial charge in [0.25, 0.3) is 0 Å². The normalized spacial score (nSPS) is 10.6. The van der Waals surface area contributed by atoms with Gasteiger partial charge in [-0.05, 0) is 30.5 Å². The van der Waals surface area contributed by atoms with Crippen LogP contribution in [0, 0.1) is 0 Å². The van der Waals surface area contributed by atoms with Gasteiger partial charge in [0.15, 0.2) is 0 Å². The molecule has 4 nitrogen and oxygen atoms in total. The van der Waals surface area contributed by atoms with Crippen molar-refractivity contribution in [2.45, 2.75) is 84.2 Å². The molecule has 5 heteroatoms. The Morgan fingerprint density at radius 2 is 1.33 bits per heavy atom. The molecule has 0 aliphatic rings. The van der Waals surface area contributed by atoms with Crippen molar-refractivity contribution in [1.82, 2.24) is 0 Å². The van der Waals surface area contributed by atoms with Crippen molar-refractivity contribution in [3.8, 4) is 0 Å². The Balaban J connectivity index is 1.94. The van der Waals surface area contributed by atoms with E-state index < -0.39 is 0 Å². The third-order valence-electron chi connectivity index (χ3n) is 4.34. The molecule has 152 valence electrons. The number of hydrogen-bond donors (Lipinski definition) is 0. The summed E-state index contributed by atoms with van der Waals surface area (Å²) in [6.45, 7) is 2.92. The first-order valence-electron chi connectivity index (χ1n) is 10.2. The van der Waals surface area contributed by atoms with Crippen LogP contribution < -0.4 is 0 Å². The van der Waals surface area contributed by atoms with Crippen molar-refractivity contribution in [2.75, 3.05) is 6.61 Å². The van der Waals surface area contributed by atoms with Crippen LogP contribution in [0.5, 0.6) is 0 Å². The van der Waals surface area contributed by atoms with Crippen molar-refractivity contribution < 1.29 is 19.1 Å². The van der Waals surface area contributed by atoms with Gasteiger partial charge in [0, 0.05) is 17.9 Å². The van der Waals surface area contributed by atoms with Gasteiger partial charge >= 0.3 is 11.9 Å². The fourth-order valence-electron chi connectivity index (χ4n) is 2.69. The summed E-state index contributed by atoms with van der Waals surface area (Å²) in [6, 6.07) is 7.15. The topological polar surface area (TPSA) is 52.6 Å². The van der Waals surface area contributed by atoms with Crippen LogP contribution in [0.15, 0.2) is 24.3 Å². The number of esters is 2. The van der Waals surface area contributed by atoms with Gasteiger partial charge in [-0.25, -0.2) is 0 Å². The standard InChI is InChI=1S/C22H33ClO4/c1-2-3-4-5-6-7-8-9-17-26-21(24)11-10-12-22(25)27-18-19-13-15-20(23)16-14-19/h13-16H,2-12,17-18H2,1H3. The van der Waals surface area contributed by atoms with Crippen molar-refractivity contribution in [1.29, 1.82) is 0 Å². The van der Waals surface area contributed by atoms with E-state index in [9.17, 15) is 9.59 Å². The highest BCUT2D eigenvalue weighted by molar-refractivity contribution is 6.30. The average Bonchev–Trinajstić information content (AvgIpc) is 2.66. The van der Waals surface area contributed by atoms with Crippen LogP contribution in [-0.2, 0) is 25.7 Å². The zero-order valence-electron chi connectivity index (χ0n) is 16.5. The lowest BCUT2D eigenvalue weighted by molar-refractivity contribution is -0.146. The number of rotatable bonds is 15. The smallest absolute Gasteiger partial charge is 0.306 e. The van der Waals surface area contributed by atoms with Crippen LogP contribution in [0.2, 0.25) is 5.02 Å². The summed E-state index contributed by atoms with van der Waals surface area (Å²) in [6.07, 6.45) is 10.7. The van der Waals surface area contributed by atoms with E-state index in [1.54, 1.807) is 12.1 Å². The zero-order valence-corrected chi connectivity index (χ0v) is 17.3. The van der Waals surface area contributed by atoms with Crippen LogP contribution in [0.4, 0.5) is 0 Å². The van der Waals surface area contributed by atoms with E-state index in [0.717, 1.165) is 18.4 Å². The van der Waals surface area contributed by atoms with Crippen LogP contribution >= 0.6 is 11.6 Å². The first-order valence-corrected chi connectivity index (χ1v) is 10.5. The van der Waals surface area contributed by atoms with E-state index in [0.29, 0.717) is 18.1 Å². The molecule has 0 N–H and O–H groups in total. The molecule has 0 spiro atoms. The molecule has 27 heavy (non-hydrogen) atoms. The molecule has 0 aliphatic carbocycles. The average molecular weight is 397 g/mol. The van der Waals surface area contributed by atoms with Gasteiger partial charge in [-0.2, -0.15) is 0 Å². The Kier molecular flexibility index (Phi) is 13.5. The Labute approximate surface area is 168 Å². The largest absolute Gasteiger partial charge is 0.466 e. The molecule has 0 heterocycles. The highest BCUT2D eigenvalue weighted by atomic mass is 35.5. The summed E-state index contributed by atoms with van der Waals surface area (Å²) in [4.78, 5) is 23.3. The van der Waals surface area contributed by atoms with Gasteiger partial charge in [0.1, 0.15) is 6.61 Å². The lowest BCUT2D eigenvalue weighted by atomic mass is 10.1. The Hall–Kier alpha value is -1.55. The van der Waals surface area contributed by atoms with E-state index in [4.69, 9.17) is 21.1 Å². The molecule has 1 rings (SSSR count). The Morgan fingerprint density at radius 1 is 0.778 bits per heavy atom. The summed E-state index contributed by atoms with van der Waals surface area (Å²) < 4.78 is 10.4. The predicted molar refractivity (Wildman–Crippen MR) is 109 cm³/mol. The number of carbonyl (C=O) groups is 2. The molecule has 0 unspecified atom stereocenters. The van der Waals surface area contributed by atoms with Crippen LogP contribution in [0.25, 0.3) is 0 Å². The van der Waals surface area contributed by atoms with Crippen LogP contribution in [0.3, 0.4) is 0 Å². The summed E-state index contributed by atoms with van der Waals surface area (Å²) in [5.74, 6) is -0.538. The van der Waals surface area contributed by atoms with Gasteiger partial charge < -0.3 is 9.47 Å². The molecule has 0 bridgehead atoms. The first-order chi connectivity index (χ1) is 13.1. The zero-order chi connectivity index (χ0) is 19.7. The van der Waals surface area contributed by atoms with Crippen molar-refractivity contribution in [3.63, 3.8) is 0 Å². The highest BCUT2D eigenvalue weighted by Gasteiger charge is 2.07. The lowest BCUT2D eigenvalue weighted by Gasteiger charge is -2.06. The van der Waals surface area contributed by atoms with E-state index in [-0.39, 0.29) is 31.4 Å². The van der Waals surface area contributed by atoms with Gasteiger partial charge in [-0.1, -0.05) is 75.6 Å². The maximum atomic E-state index is 11.7.